The van der Waals surface area contributed by atoms with Gasteiger partial charge in [0.15, 0.2) is 0 Å². The minimum atomic E-state index is -4.51. The fraction of sp³-hybridized carbons (Fsp3) is 0.400. The molecule has 0 amide bonds. The van der Waals surface area contributed by atoms with Crippen molar-refractivity contribution >= 4 is 10.2 Å². The van der Waals surface area contributed by atoms with E-state index in [2.05, 4.69) is 0 Å². The standard InChI is InChI=1S/C10H14FNO3S/c1-15-10-4-2-8(3-5-10)9(6-12)7-16(11,13)14/h2-5,9H,6-7,12H2,1H3. The highest BCUT2D eigenvalue weighted by molar-refractivity contribution is 7.86. The number of benzene rings is 1. The predicted octanol–water partition coefficient (Wildman–Crippen LogP) is 1.04. The van der Waals surface area contributed by atoms with Crippen molar-refractivity contribution in [3.8, 4) is 5.75 Å². The van der Waals surface area contributed by atoms with E-state index in [0.29, 0.717) is 11.3 Å². The van der Waals surface area contributed by atoms with Gasteiger partial charge in [0.25, 0.3) is 0 Å². The zero-order valence-electron chi connectivity index (χ0n) is 8.89. The van der Waals surface area contributed by atoms with E-state index in [1.807, 2.05) is 0 Å². The molecule has 1 aromatic rings. The third-order valence-electron chi connectivity index (χ3n) is 2.27. The van der Waals surface area contributed by atoms with Crippen LogP contribution >= 0.6 is 0 Å². The minimum absolute atomic E-state index is 0.0788. The van der Waals surface area contributed by atoms with Crippen molar-refractivity contribution in [2.45, 2.75) is 5.92 Å². The largest absolute Gasteiger partial charge is 0.497 e. The monoisotopic (exact) mass is 247 g/mol. The summed E-state index contributed by atoms with van der Waals surface area (Å²) in [5, 5.41) is 0. The van der Waals surface area contributed by atoms with E-state index in [1.165, 1.54) is 7.11 Å². The zero-order valence-corrected chi connectivity index (χ0v) is 9.71. The first-order valence-corrected chi connectivity index (χ1v) is 6.28. The maximum absolute atomic E-state index is 12.5. The molecule has 1 unspecified atom stereocenters. The Labute approximate surface area is 94.4 Å². The number of ether oxygens (including phenoxy) is 1. The molecular formula is C10H14FNO3S. The van der Waals surface area contributed by atoms with Gasteiger partial charge in [-0.1, -0.05) is 12.1 Å². The average molecular weight is 247 g/mol. The van der Waals surface area contributed by atoms with E-state index >= 15 is 0 Å². The van der Waals surface area contributed by atoms with Gasteiger partial charge in [-0.15, -0.1) is 3.89 Å². The molecule has 2 N–H and O–H groups in total. The molecule has 0 spiro atoms. The van der Waals surface area contributed by atoms with Gasteiger partial charge in [0.05, 0.1) is 12.9 Å². The minimum Gasteiger partial charge on any atom is -0.497 e. The first-order chi connectivity index (χ1) is 7.46. The molecule has 1 aromatic carbocycles. The lowest BCUT2D eigenvalue weighted by atomic mass is 10.0. The van der Waals surface area contributed by atoms with Crippen LogP contribution in [0.3, 0.4) is 0 Å². The molecule has 0 heterocycles. The van der Waals surface area contributed by atoms with Crippen molar-refractivity contribution in [2.75, 3.05) is 19.4 Å². The topological polar surface area (TPSA) is 69.4 Å². The summed E-state index contributed by atoms with van der Waals surface area (Å²) in [6.45, 7) is 0.0788. The van der Waals surface area contributed by atoms with Gasteiger partial charge in [-0.2, -0.15) is 8.42 Å². The van der Waals surface area contributed by atoms with Crippen LogP contribution in [0.4, 0.5) is 3.89 Å². The van der Waals surface area contributed by atoms with Crippen molar-refractivity contribution in [2.24, 2.45) is 5.73 Å². The van der Waals surface area contributed by atoms with Crippen molar-refractivity contribution in [3.05, 3.63) is 29.8 Å². The predicted molar refractivity (Wildman–Crippen MR) is 59.7 cm³/mol. The Morgan fingerprint density at radius 2 is 1.94 bits per heavy atom. The summed E-state index contributed by atoms with van der Waals surface area (Å²) in [7, 11) is -2.98. The highest BCUT2D eigenvalue weighted by Crippen LogP contribution is 2.20. The highest BCUT2D eigenvalue weighted by atomic mass is 32.3. The lowest BCUT2D eigenvalue weighted by Crippen LogP contribution is -2.19. The van der Waals surface area contributed by atoms with Crippen LogP contribution in [0.5, 0.6) is 5.75 Å². The molecule has 16 heavy (non-hydrogen) atoms. The van der Waals surface area contributed by atoms with Crippen molar-refractivity contribution < 1.29 is 17.0 Å². The maximum Gasteiger partial charge on any atom is 0.303 e. The van der Waals surface area contributed by atoms with Gasteiger partial charge in [-0.3, -0.25) is 0 Å². The molecule has 6 heteroatoms. The van der Waals surface area contributed by atoms with Crippen LogP contribution in [0.1, 0.15) is 11.5 Å². The lowest BCUT2D eigenvalue weighted by Gasteiger charge is -2.13. The number of halogens is 1. The van der Waals surface area contributed by atoms with E-state index in [9.17, 15) is 12.3 Å². The molecule has 0 bridgehead atoms. The number of rotatable bonds is 5. The van der Waals surface area contributed by atoms with E-state index in [0.717, 1.165) is 0 Å². The molecule has 90 valence electrons. The summed E-state index contributed by atoms with van der Waals surface area (Å²) in [5.74, 6) is -0.459. The highest BCUT2D eigenvalue weighted by Gasteiger charge is 2.18. The molecule has 0 aliphatic rings. The first kappa shape index (κ1) is 12.9. The zero-order chi connectivity index (χ0) is 12.2. The van der Waals surface area contributed by atoms with Crippen LogP contribution in [-0.2, 0) is 10.2 Å². The van der Waals surface area contributed by atoms with Gasteiger partial charge in [0.1, 0.15) is 5.75 Å². The van der Waals surface area contributed by atoms with E-state index in [1.54, 1.807) is 24.3 Å². The molecule has 1 atom stereocenters. The van der Waals surface area contributed by atoms with Crippen molar-refractivity contribution in [1.82, 2.24) is 0 Å². The van der Waals surface area contributed by atoms with Crippen LogP contribution in [0, 0.1) is 0 Å². The molecule has 0 aromatic heterocycles. The second-order valence-electron chi connectivity index (χ2n) is 3.41. The van der Waals surface area contributed by atoms with Crippen LogP contribution in [0.25, 0.3) is 0 Å². The van der Waals surface area contributed by atoms with E-state index in [4.69, 9.17) is 10.5 Å². The summed E-state index contributed by atoms with van der Waals surface area (Å²) in [6, 6.07) is 6.73. The van der Waals surface area contributed by atoms with Crippen LogP contribution < -0.4 is 10.5 Å². The second kappa shape index (κ2) is 5.27. The Bertz CT molecular complexity index is 430. The van der Waals surface area contributed by atoms with Crippen LogP contribution in [0.15, 0.2) is 24.3 Å². The fourth-order valence-electron chi connectivity index (χ4n) is 1.42. The van der Waals surface area contributed by atoms with Gasteiger partial charge in [0.2, 0.25) is 0 Å². The Morgan fingerprint density at radius 1 is 1.38 bits per heavy atom. The maximum atomic E-state index is 12.5. The normalized spacial score (nSPS) is 13.4. The summed E-state index contributed by atoms with van der Waals surface area (Å²) in [4.78, 5) is 0. The van der Waals surface area contributed by atoms with Crippen LogP contribution in [0.2, 0.25) is 0 Å². The quantitative estimate of drug-likeness (QED) is 0.789. The smallest absolute Gasteiger partial charge is 0.303 e. The Morgan fingerprint density at radius 3 is 2.31 bits per heavy atom. The molecule has 0 aliphatic carbocycles. The summed E-state index contributed by atoms with van der Waals surface area (Å²) in [6.07, 6.45) is 0. The fourth-order valence-corrected chi connectivity index (χ4v) is 2.23. The molecular weight excluding hydrogens is 233 g/mol. The third-order valence-corrected chi connectivity index (χ3v) is 3.07. The number of nitrogens with two attached hydrogens (primary N) is 1. The number of methoxy groups -OCH3 is 1. The van der Waals surface area contributed by atoms with E-state index < -0.39 is 21.9 Å². The number of hydrogen-bond acceptors (Lipinski definition) is 4. The lowest BCUT2D eigenvalue weighted by molar-refractivity contribution is 0.414. The van der Waals surface area contributed by atoms with Gasteiger partial charge in [0, 0.05) is 12.5 Å². The summed E-state index contributed by atoms with van der Waals surface area (Å²) in [5.41, 5.74) is 6.10. The summed E-state index contributed by atoms with van der Waals surface area (Å²) >= 11 is 0. The Balaban J connectivity index is 2.87. The van der Waals surface area contributed by atoms with Crippen molar-refractivity contribution in [3.63, 3.8) is 0 Å². The van der Waals surface area contributed by atoms with Crippen molar-refractivity contribution in [1.29, 1.82) is 0 Å². The molecule has 1 rings (SSSR count). The summed E-state index contributed by atoms with van der Waals surface area (Å²) < 4.78 is 38.6. The second-order valence-corrected chi connectivity index (χ2v) is 4.82. The first-order valence-electron chi connectivity index (χ1n) is 4.72. The Kier molecular flexibility index (Phi) is 4.26. The SMILES string of the molecule is COc1ccc(C(CN)CS(=O)(=O)F)cc1. The molecule has 0 saturated carbocycles. The van der Waals surface area contributed by atoms with Gasteiger partial charge < -0.3 is 10.5 Å². The van der Waals surface area contributed by atoms with E-state index in [-0.39, 0.29) is 6.54 Å². The van der Waals surface area contributed by atoms with Crippen LogP contribution in [-0.4, -0.2) is 27.8 Å². The van der Waals surface area contributed by atoms with Gasteiger partial charge in [-0.25, -0.2) is 0 Å². The third kappa shape index (κ3) is 3.79. The molecule has 0 radical (unpaired) electrons. The molecule has 0 saturated heterocycles. The van der Waals surface area contributed by atoms with Gasteiger partial charge in [-0.05, 0) is 17.7 Å². The van der Waals surface area contributed by atoms with Gasteiger partial charge >= 0.3 is 10.2 Å². The Hall–Kier alpha value is -1.14. The molecule has 0 aliphatic heterocycles. The number of hydrogen-bond donors (Lipinski definition) is 1. The average Bonchev–Trinajstić information content (AvgIpc) is 2.25. The molecule has 4 nitrogen and oxygen atoms in total. The molecule has 0 fully saturated rings.